The van der Waals surface area contributed by atoms with Gasteiger partial charge in [-0.2, -0.15) is 8.78 Å². The molecule has 1 fully saturated rings. The summed E-state index contributed by atoms with van der Waals surface area (Å²) in [6.07, 6.45) is -3.59. The van der Waals surface area contributed by atoms with E-state index in [0.717, 1.165) is 0 Å². The van der Waals surface area contributed by atoms with Crippen LogP contribution in [0.5, 0.6) is 0 Å². The fourth-order valence-electron chi connectivity index (χ4n) is 1.92. The van der Waals surface area contributed by atoms with Gasteiger partial charge in [-0.3, -0.25) is 9.59 Å². The fraction of sp³-hybridized carbons (Fsp3) is 0.818. The van der Waals surface area contributed by atoms with Crippen LogP contribution in [0.2, 0.25) is 0 Å². The summed E-state index contributed by atoms with van der Waals surface area (Å²) in [5, 5.41) is 1.76. The highest BCUT2D eigenvalue weighted by Gasteiger charge is 2.50. The van der Waals surface area contributed by atoms with Crippen LogP contribution < -0.4 is 5.32 Å². The Labute approximate surface area is 121 Å². The van der Waals surface area contributed by atoms with Gasteiger partial charge in [-0.25, -0.2) is 8.78 Å². The highest BCUT2D eigenvalue weighted by molar-refractivity contribution is 9.09. The molecule has 0 bridgehead atoms. The Morgan fingerprint density at radius 1 is 1.30 bits per heavy atom. The molecule has 0 unspecified atom stereocenters. The molecule has 1 saturated heterocycles. The molecular weight excluding hydrogens is 350 g/mol. The Kier molecular flexibility index (Phi) is 5.93. The van der Waals surface area contributed by atoms with Crippen molar-refractivity contribution in [1.29, 1.82) is 0 Å². The minimum Gasteiger partial charge on any atom is -0.381 e. The third-order valence-corrected chi connectivity index (χ3v) is 3.84. The first-order valence-corrected chi connectivity index (χ1v) is 7.00. The van der Waals surface area contributed by atoms with Crippen LogP contribution in [0.25, 0.3) is 0 Å². The minimum absolute atomic E-state index is 0.00584. The number of alkyl halides is 5. The molecule has 9 heteroatoms. The average Bonchev–Trinajstić information content (AvgIpc) is 2.44. The van der Waals surface area contributed by atoms with E-state index in [1.54, 1.807) is 5.32 Å². The van der Waals surface area contributed by atoms with E-state index in [0.29, 0.717) is 0 Å². The molecule has 1 aliphatic rings. The predicted octanol–water partition coefficient (Wildman–Crippen LogP) is 1.76. The summed E-state index contributed by atoms with van der Waals surface area (Å²) in [6, 6.07) is 0. The van der Waals surface area contributed by atoms with Gasteiger partial charge >= 0.3 is 12.3 Å². The van der Waals surface area contributed by atoms with Crippen LogP contribution in [-0.2, 0) is 14.3 Å². The van der Waals surface area contributed by atoms with E-state index >= 15 is 0 Å². The number of nitrogens with one attached hydrogen (secondary N) is 1. The number of hydrogen-bond donors (Lipinski definition) is 1. The van der Waals surface area contributed by atoms with Crippen LogP contribution in [0.3, 0.4) is 0 Å². The lowest BCUT2D eigenvalue weighted by atomic mass is 9.77. The maximum atomic E-state index is 12.8. The first-order chi connectivity index (χ1) is 9.26. The average molecular weight is 364 g/mol. The molecule has 0 aromatic rings. The molecule has 1 amide bonds. The summed E-state index contributed by atoms with van der Waals surface area (Å²) in [4.78, 5) is 23.0. The first-order valence-electron chi connectivity index (χ1n) is 5.87. The standard InChI is InChI=1S/C11H14BrF4NO3/c12-5-7(18)10(1-3-20-4-2-10)6-17-9(19)11(15,16)8(13)14/h8H,1-6H2,(H,17,19). The monoisotopic (exact) mass is 363 g/mol. The Morgan fingerprint density at radius 2 is 1.85 bits per heavy atom. The Morgan fingerprint density at radius 3 is 2.30 bits per heavy atom. The molecule has 4 nitrogen and oxygen atoms in total. The van der Waals surface area contributed by atoms with Crippen LogP contribution in [0, 0.1) is 5.41 Å². The van der Waals surface area contributed by atoms with E-state index < -0.39 is 30.2 Å². The molecule has 1 heterocycles. The van der Waals surface area contributed by atoms with Crippen molar-refractivity contribution >= 4 is 27.6 Å². The third-order valence-electron chi connectivity index (χ3n) is 3.33. The third kappa shape index (κ3) is 3.69. The number of carbonyl (C=O) groups excluding carboxylic acids is 2. The van der Waals surface area contributed by atoms with Crippen molar-refractivity contribution in [3.8, 4) is 0 Å². The molecule has 0 spiro atoms. The number of ether oxygens (including phenoxy) is 1. The van der Waals surface area contributed by atoms with E-state index in [1.165, 1.54) is 0 Å². The number of halogens is 5. The number of Topliss-reactive ketones (excluding diaryl/α,β-unsaturated/α-hetero) is 1. The molecule has 0 aliphatic carbocycles. The zero-order valence-corrected chi connectivity index (χ0v) is 12.0. The lowest BCUT2D eigenvalue weighted by molar-refractivity contribution is -0.170. The van der Waals surface area contributed by atoms with Gasteiger partial charge in [0.2, 0.25) is 0 Å². The van der Waals surface area contributed by atoms with Gasteiger partial charge in [0.15, 0.2) is 5.78 Å². The maximum Gasteiger partial charge on any atom is 0.383 e. The molecule has 1 rings (SSSR count). The largest absolute Gasteiger partial charge is 0.383 e. The summed E-state index contributed by atoms with van der Waals surface area (Å²) >= 11 is 2.98. The van der Waals surface area contributed by atoms with Gasteiger partial charge < -0.3 is 10.1 Å². The van der Waals surface area contributed by atoms with E-state index in [2.05, 4.69) is 15.9 Å². The number of rotatable bonds is 6. The number of hydrogen-bond acceptors (Lipinski definition) is 3. The first kappa shape index (κ1) is 17.4. The fourth-order valence-corrected chi connectivity index (χ4v) is 2.52. The van der Waals surface area contributed by atoms with Gasteiger partial charge in [-0.15, -0.1) is 0 Å². The lowest BCUT2D eigenvalue weighted by Gasteiger charge is -2.35. The molecule has 0 aromatic heterocycles. The van der Waals surface area contributed by atoms with Crippen LogP contribution in [0.1, 0.15) is 12.8 Å². The van der Waals surface area contributed by atoms with Crippen LogP contribution in [-0.4, -0.2) is 49.1 Å². The summed E-state index contributed by atoms with van der Waals surface area (Å²) in [7, 11) is 0. The Balaban J connectivity index is 2.73. The normalized spacial score (nSPS) is 18.9. The van der Waals surface area contributed by atoms with Gasteiger partial charge in [0, 0.05) is 19.8 Å². The van der Waals surface area contributed by atoms with Crippen molar-refractivity contribution in [3.05, 3.63) is 0 Å². The smallest absolute Gasteiger partial charge is 0.381 e. The molecule has 0 saturated carbocycles. The molecular formula is C11H14BrF4NO3. The highest BCUT2D eigenvalue weighted by Crippen LogP contribution is 2.32. The van der Waals surface area contributed by atoms with Crippen LogP contribution in [0.15, 0.2) is 0 Å². The van der Waals surface area contributed by atoms with E-state index in [1.807, 2.05) is 0 Å². The molecule has 1 N–H and O–H groups in total. The second kappa shape index (κ2) is 6.84. The zero-order valence-electron chi connectivity index (χ0n) is 10.4. The van der Waals surface area contributed by atoms with Crippen molar-refractivity contribution in [3.63, 3.8) is 0 Å². The molecule has 1 aliphatic heterocycles. The second-order valence-corrected chi connectivity index (χ2v) is 5.12. The van der Waals surface area contributed by atoms with E-state index in [4.69, 9.17) is 4.74 Å². The predicted molar refractivity (Wildman–Crippen MR) is 65.2 cm³/mol. The molecule has 0 atom stereocenters. The summed E-state index contributed by atoms with van der Waals surface area (Å²) in [5.74, 6) is -7.11. The zero-order chi connectivity index (χ0) is 15.4. The quantitative estimate of drug-likeness (QED) is 0.577. The number of ketones is 1. The van der Waals surface area contributed by atoms with Gasteiger partial charge in [-0.1, -0.05) is 15.9 Å². The highest BCUT2D eigenvalue weighted by atomic mass is 79.9. The minimum atomic E-state index is -4.76. The summed E-state index contributed by atoms with van der Waals surface area (Å²) in [5.41, 5.74) is -1.05. The SMILES string of the molecule is O=C(CBr)C1(CNC(=O)C(F)(F)C(F)F)CCOCC1. The summed E-state index contributed by atoms with van der Waals surface area (Å²) < 4.78 is 54.8. The van der Waals surface area contributed by atoms with E-state index in [9.17, 15) is 27.2 Å². The second-order valence-electron chi connectivity index (χ2n) is 4.56. The summed E-state index contributed by atoms with van der Waals surface area (Å²) in [6.45, 7) is 0.0988. The lowest BCUT2D eigenvalue weighted by Crippen LogP contribution is -2.52. The molecule has 116 valence electrons. The van der Waals surface area contributed by atoms with Gasteiger partial charge in [0.05, 0.1) is 10.7 Å². The topological polar surface area (TPSA) is 55.4 Å². The van der Waals surface area contributed by atoms with Crippen molar-refractivity contribution in [2.75, 3.05) is 25.1 Å². The van der Waals surface area contributed by atoms with Gasteiger partial charge in [-0.05, 0) is 12.8 Å². The number of carbonyl (C=O) groups is 2. The van der Waals surface area contributed by atoms with Crippen molar-refractivity contribution in [1.82, 2.24) is 5.32 Å². The molecule has 20 heavy (non-hydrogen) atoms. The maximum absolute atomic E-state index is 12.8. The Bertz CT molecular complexity index is 373. The molecule has 0 radical (unpaired) electrons. The molecule has 0 aromatic carbocycles. The van der Waals surface area contributed by atoms with Crippen molar-refractivity contribution in [2.45, 2.75) is 25.2 Å². The van der Waals surface area contributed by atoms with Crippen molar-refractivity contribution < 1.29 is 31.9 Å². The Hall–Kier alpha value is -0.700. The van der Waals surface area contributed by atoms with Crippen LogP contribution >= 0.6 is 15.9 Å². The van der Waals surface area contributed by atoms with Crippen molar-refractivity contribution in [2.24, 2.45) is 5.41 Å². The van der Waals surface area contributed by atoms with E-state index in [-0.39, 0.29) is 37.2 Å². The van der Waals surface area contributed by atoms with Gasteiger partial charge in [0.25, 0.3) is 5.91 Å². The van der Waals surface area contributed by atoms with Crippen LogP contribution in [0.4, 0.5) is 17.6 Å². The number of amides is 1. The van der Waals surface area contributed by atoms with Gasteiger partial charge in [0.1, 0.15) is 0 Å².